The van der Waals surface area contributed by atoms with Gasteiger partial charge < -0.3 is 10.1 Å². The number of aromatic nitrogens is 3. The Balaban J connectivity index is 1.60. The van der Waals surface area contributed by atoms with Crippen molar-refractivity contribution in [1.82, 2.24) is 20.1 Å². The van der Waals surface area contributed by atoms with Gasteiger partial charge in [-0.3, -0.25) is 0 Å². The summed E-state index contributed by atoms with van der Waals surface area (Å²) in [6, 6.07) is 11.1. The van der Waals surface area contributed by atoms with E-state index >= 15 is 0 Å². The van der Waals surface area contributed by atoms with E-state index in [0.717, 1.165) is 18.7 Å². The minimum atomic E-state index is 0.127. The lowest BCUT2D eigenvalue weighted by atomic mass is 10.3. The molecular weight excluding hydrogens is 252 g/mol. The fourth-order valence-corrected chi connectivity index (χ4v) is 2.01. The third-order valence-corrected chi connectivity index (χ3v) is 3.43. The van der Waals surface area contributed by atoms with Crippen LogP contribution in [0.4, 0.5) is 0 Å². The van der Waals surface area contributed by atoms with Gasteiger partial charge in [-0.15, -0.1) is 5.10 Å². The van der Waals surface area contributed by atoms with Gasteiger partial charge in [0.2, 0.25) is 0 Å². The normalized spacial score (nSPS) is 16.1. The number of para-hydroxylation sites is 1. The van der Waals surface area contributed by atoms with Crippen LogP contribution in [0, 0.1) is 0 Å². The van der Waals surface area contributed by atoms with Crippen LogP contribution in [-0.2, 0) is 0 Å². The van der Waals surface area contributed by atoms with Crippen molar-refractivity contribution < 1.29 is 4.74 Å². The molecule has 0 bridgehead atoms. The van der Waals surface area contributed by atoms with Crippen LogP contribution in [0.1, 0.15) is 26.2 Å². The molecule has 1 aromatic heterocycles. The molecule has 0 radical (unpaired) electrons. The van der Waals surface area contributed by atoms with E-state index in [1.165, 1.54) is 12.8 Å². The molecule has 106 valence electrons. The summed E-state index contributed by atoms with van der Waals surface area (Å²) in [6.07, 6.45) is 5.34. The van der Waals surface area contributed by atoms with Crippen LogP contribution in [-0.4, -0.2) is 33.5 Å². The fourth-order valence-electron chi connectivity index (χ4n) is 2.01. The molecule has 1 N–H and O–H groups in total. The molecule has 5 heteroatoms. The average molecular weight is 272 g/mol. The van der Waals surface area contributed by atoms with Crippen LogP contribution in [0.5, 0.6) is 6.01 Å². The molecule has 1 aliphatic rings. The Bertz CT molecular complexity index is 536. The van der Waals surface area contributed by atoms with E-state index in [1.54, 1.807) is 11.0 Å². The predicted octanol–water partition coefficient (Wildman–Crippen LogP) is 2.18. The van der Waals surface area contributed by atoms with Crippen molar-refractivity contribution in [2.24, 2.45) is 0 Å². The molecule has 1 aliphatic carbocycles. The molecule has 20 heavy (non-hydrogen) atoms. The second-order valence-corrected chi connectivity index (χ2v) is 5.14. The second kappa shape index (κ2) is 6.05. The first-order valence-electron chi connectivity index (χ1n) is 7.22. The highest BCUT2D eigenvalue weighted by molar-refractivity contribution is 5.29. The van der Waals surface area contributed by atoms with E-state index in [1.807, 2.05) is 30.3 Å². The van der Waals surface area contributed by atoms with E-state index in [-0.39, 0.29) is 6.10 Å². The maximum Gasteiger partial charge on any atom is 0.336 e. The van der Waals surface area contributed by atoms with Gasteiger partial charge in [-0.2, -0.15) is 4.98 Å². The van der Waals surface area contributed by atoms with Crippen LogP contribution in [0.15, 0.2) is 36.7 Å². The van der Waals surface area contributed by atoms with E-state index in [0.29, 0.717) is 12.1 Å². The first-order chi connectivity index (χ1) is 9.85. The lowest BCUT2D eigenvalue weighted by molar-refractivity contribution is 0.177. The summed E-state index contributed by atoms with van der Waals surface area (Å²) in [6.45, 7) is 2.98. The maximum absolute atomic E-state index is 5.84. The molecule has 0 saturated heterocycles. The number of hydrogen-bond donors (Lipinski definition) is 1. The van der Waals surface area contributed by atoms with Gasteiger partial charge in [0.05, 0.1) is 5.69 Å². The maximum atomic E-state index is 5.84. The molecule has 2 aromatic rings. The van der Waals surface area contributed by atoms with Gasteiger partial charge in [0, 0.05) is 12.6 Å². The Morgan fingerprint density at radius 1 is 1.35 bits per heavy atom. The number of rotatable bonds is 7. The minimum absolute atomic E-state index is 0.127. The Kier molecular flexibility index (Phi) is 3.97. The first-order valence-corrected chi connectivity index (χ1v) is 7.22. The number of benzene rings is 1. The average Bonchev–Trinajstić information content (AvgIpc) is 3.21. The summed E-state index contributed by atoms with van der Waals surface area (Å²) >= 11 is 0. The van der Waals surface area contributed by atoms with E-state index in [9.17, 15) is 0 Å². The highest BCUT2D eigenvalue weighted by Gasteiger charge is 2.22. The molecule has 1 unspecified atom stereocenters. The van der Waals surface area contributed by atoms with Crippen molar-refractivity contribution in [2.75, 3.05) is 6.54 Å². The standard InChI is InChI=1S/C15H20N4O/c1-2-14(10-16-12-8-9-12)20-15-17-11-19(18-15)13-6-4-3-5-7-13/h3-7,11-12,14,16H,2,8-10H2,1H3. The Morgan fingerprint density at radius 2 is 2.15 bits per heavy atom. The van der Waals surface area contributed by atoms with Crippen LogP contribution in [0.3, 0.4) is 0 Å². The Labute approximate surface area is 119 Å². The molecule has 1 heterocycles. The van der Waals surface area contributed by atoms with Gasteiger partial charge in [-0.05, 0) is 31.4 Å². The summed E-state index contributed by atoms with van der Waals surface area (Å²) in [5.74, 6) is 0. The summed E-state index contributed by atoms with van der Waals surface area (Å²) < 4.78 is 7.57. The van der Waals surface area contributed by atoms with E-state index in [2.05, 4.69) is 22.3 Å². The first kappa shape index (κ1) is 13.1. The molecule has 0 spiro atoms. The molecule has 1 aromatic carbocycles. The smallest absolute Gasteiger partial charge is 0.336 e. The highest BCUT2D eigenvalue weighted by Crippen LogP contribution is 2.19. The van der Waals surface area contributed by atoms with Crippen molar-refractivity contribution in [3.05, 3.63) is 36.7 Å². The van der Waals surface area contributed by atoms with Gasteiger partial charge >= 0.3 is 6.01 Å². The molecule has 1 atom stereocenters. The zero-order chi connectivity index (χ0) is 13.8. The molecule has 5 nitrogen and oxygen atoms in total. The number of hydrogen-bond acceptors (Lipinski definition) is 4. The molecule has 0 amide bonds. The zero-order valence-electron chi connectivity index (χ0n) is 11.7. The van der Waals surface area contributed by atoms with Gasteiger partial charge in [-0.1, -0.05) is 25.1 Å². The van der Waals surface area contributed by atoms with Gasteiger partial charge in [0.25, 0.3) is 0 Å². The SMILES string of the molecule is CCC(CNC1CC1)Oc1ncn(-c2ccccc2)n1. The van der Waals surface area contributed by atoms with Crippen LogP contribution in [0.25, 0.3) is 5.69 Å². The fraction of sp³-hybridized carbons (Fsp3) is 0.467. The molecule has 0 aliphatic heterocycles. The predicted molar refractivity (Wildman–Crippen MR) is 77.1 cm³/mol. The van der Waals surface area contributed by atoms with E-state index in [4.69, 9.17) is 4.74 Å². The lowest BCUT2D eigenvalue weighted by Crippen LogP contribution is -2.32. The quantitative estimate of drug-likeness (QED) is 0.839. The van der Waals surface area contributed by atoms with Crippen LogP contribution >= 0.6 is 0 Å². The van der Waals surface area contributed by atoms with Gasteiger partial charge in [0.15, 0.2) is 0 Å². The van der Waals surface area contributed by atoms with Crippen molar-refractivity contribution in [3.8, 4) is 11.7 Å². The van der Waals surface area contributed by atoms with Gasteiger partial charge in [-0.25, -0.2) is 4.68 Å². The molecule has 1 saturated carbocycles. The molecule has 3 rings (SSSR count). The van der Waals surface area contributed by atoms with E-state index < -0.39 is 0 Å². The van der Waals surface area contributed by atoms with Crippen molar-refractivity contribution in [3.63, 3.8) is 0 Å². The summed E-state index contributed by atoms with van der Waals surface area (Å²) in [5.41, 5.74) is 0.985. The Hall–Kier alpha value is -1.88. The third kappa shape index (κ3) is 3.36. The third-order valence-electron chi connectivity index (χ3n) is 3.43. The molecular formula is C15H20N4O. The summed E-state index contributed by atoms with van der Waals surface area (Å²) in [7, 11) is 0. The van der Waals surface area contributed by atoms with Crippen LogP contribution in [0.2, 0.25) is 0 Å². The summed E-state index contributed by atoms with van der Waals surface area (Å²) in [5, 5.41) is 7.85. The zero-order valence-corrected chi connectivity index (χ0v) is 11.7. The molecule has 1 fully saturated rings. The topological polar surface area (TPSA) is 52.0 Å². The monoisotopic (exact) mass is 272 g/mol. The van der Waals surface area contributed by atoms with Gasteiger partial charge in [0.1, 0.15) is 12.4 Å². The largest absolute Gasteiger partial charge is 0.458 e. The number of nitrogens with one attached hydrogen (secondary N) is 1. The number of nitrogens with zero attached hydrogens (tertiary/aromatic N) is 3. The van der Waals surface area contributed by atoms with Crippen molar-refractivity contribution >= 4 is 0 Å². The minimum Gasteiger partial charge on any atom is -0.458 e. The Morgan fingerprint density at radius 3 is 2.85 bits per heavy atom. The summed E-state index contributed by atoms with van der Waals surface area (Å²) in [4.78, 5) is 4.22. The number of ether oxygens (including phenoxy) is 1. The lowest BCUT2D eigenvalue weighted by Gasteiger charge is -2.15. The van der Waals surface area contributed by atoms with Crippen LogP contribution < -0.4 is 10.1 Å². The highest BCUT2D eigenvalue weighted by atomic mass is 16.5. The second-order valence-electron chi connectivity index (χ2n) is 5.14. The van der Waals surface area contributed by atoms with Crippen molar-refractivity contribution in [1.29, 1.82) is 0 Å². The van der Waals surface area contributed by atoms with Crippen molar-refractivity contribution in [2.45, 2.75) is 38.3 Å².